The Bertz CT molecular complexity index is 371. The standard InChI is InChI=1S/C12H17N3O/c1-10(2)15(6-3-7-16)12-9-14-5-4-11(12)8-13/h4-5,9-10,16H,3,6-7H2,1-2H3. The summed E-state index contributed by atoms with van der Waals surface area (Å²) in [6.45, 7) is 5.01. The zero-order chi connectivity index (χ0) is 12.0. The van der Waals surface area contributed by atoms with Crippen molar-refractivity contribution in [1.29, 1.82) is 5.26 Å². The summed E-state index contributed by atoms with van der Waals surface area (Å²) in [5.41, 5.74) is 1.47. The van der Waals surface area contributed by atoms with Crippen LogP contribution in [-0.2, 0) is 0 Å². The minimum Gasteiger partial charge on any atom is -0.396 e. The third-order valence-corrected chi connectivity index (χ3v) is 2.41. The van der Waals surface area contributed by atoms with Gasteiger partial charge in [-0.1, -0.05) is 0 Å². The predicted molar refractivity (Wildman–Crippen MR) is 63.1 cm³/mol. The van der Waals surface area contributed by atoms with Crippen molar-refractivity contribution in [3.05, 3.63) is 24.0 Å². The molecule has 86 valence electrons. The lowest BCUT2D eigenvalue weighted by Gasteiger charge is -2.29. The van der Waals surface area contributed by atoms with Gasteiger partial charge in [-0.15, -0.1) is 0 Å². The molecule has 0 unspecified atom stereocenters. The van der Waals surface area contributed by atoms with E-state index < -0.39 is 0 Å². The molecule has 1 aromatic heterocycles. The van der Waals surface area contributed by atoms with Gasteiger partial charge in [-0.25, -0.2) is 0 Å². The fourth-order valence-corrected chi connectivity index (χ4v) is 1.61. The first-order valence-corrected chi connectivity index (χ1v) is 5.42. The Morgan fingerprint density at radius 3 is 2.88 bits per heavy atom. The lowest BCUT2D eigenvalue weighted by molar-refractivity contribution is 0.288. The predicted octanol–water partition coefficient (Wildman–Crippen LogP) is 1.55. The maximum atomic E-state index is 9.02. The Kier molecular flexibility index (Phi) is 4.74. The Morgan fingerprint density at radius 2 is 2.31 bits per heavy atom. The van der Waals surface area contributed by atoms with Gasteiger partial charge < -0.3 is 10.0 Å². The molecule has 0 aliphatic carbocycles. The van der Waals surface area contributed by atoms with Crippen molar-refractivity contribution in [2.24, 2.45) is 0 Å². The maximum Gasteiger partial charge on any atom is 0.101 e. The average molecular weight is 219 g/mol. The summed E-state index contributed by atoms with van der Waals surface area (Å²) in [5.74, 6) is 0. The Morgan fingerprint density at radius 1 is 1.56 bits per heavy atom. The van der Waals surface area contributed by atoms with Gasteiger partial charge in [0.25, 0.3) is 0 Å². The van der Waals surface area contributed by atoms with Gasteiger partial charge in [-0.05, 0) is 26.3 Å². The van der Waals surface area contributed by atoms with Crippen LogP contribution in [0.1, 0.15) is 25.8 Å². The summed E-state index contributed by atoms with van der Waals surface area (Å²) in [4.78, 5) is 6.13. The first kappa shape index (κ1) is 12.5. The van der Waals surface area contributed by atoms with E-state index in [0.717, 1.165) is 12.2 Å². The van der Waals surface area contributed by atoms with Gasteiger partial charge in [-0.2, -0.15) is 5.26 Å². The summed E-state index contributed by atoms with van der Waals surface area (Å²) in [6, 6.07) is 4.16. The van der Waals surface area contributed by atoms with Crippen LogP contribution in [0.3, 0.4) is 0 Å². The molecule has 1 aromatic rings. The summed E-state index contributed by atoms with van der Waals surface area (Å²) in [5, 5.41) is 17.9. The number of aliphatic hydroxyl groups excluding tert-OH is 1. The number of aromatic nitrogens is 1. The zero-order valence-corrected chi connectivity index (χ0v) is 9.72. The smallest absolute Gasteiger partial charge is 0.101 e. The fourth-order valence-electron chi connectivity index (χ4n) is 1.61. The lowest BCUT2D eigenvalue weighted by Crippen LogP contribution is -2.32. The van der Waals surface area contributed by atoms with Gasteiger partial charge >= 0.3 is 0 Å². The monoisotopic (exact) mass is 219 g/mol. The van der Waals surface area contributed by atoms with E-state index in [2.05, 4.69) is 29.8 Å². The molecule has 0 bridgehead atoms. The van der Waals surface area contributed by atoms with Gasteiger partial charge in [-0.3, -0.25) is 4.98 Å². The molecule has 1 N–H and O–H groups in total. The van der Waals surface area contributed by atoms with Crippen molar-refractivity contribution in [3.63, 3.8) is 0 Å². The van der Waals surface area contributed by atoms with Crippen molar-refractivity contribution in [3.8, 4) is 6.07 Å². The minimum absolute atomic E-state index is 0.158. The molecule has 0 saturated carbocycles. The topological polar surface area (TPSA) is 60.1 Å². The number of nitrogens with zero attached hydrogens (tertiary/aromatic N) is 3. The highest BCUT2D eigenvalue weighted by Gasteiger charge is 2.13. The highest BCUT2D eigenvalue weighted by Crippen LogP contribution is 2.20. The van der Waals surface area contributed by atoms with E-state index in [4.69, 9.17) is 10.4 Å². The molecular weight excluding hydrogens is 202 g/mol. The highest BCUT2D eigenvalue weighted by molar-refractivity contribution is 5.58. The minimum atomic E-state index is 0.158. The summed E-state index contributed by atoms with van der Waals surface area (Å²) in [6.07, 6.45) is 4.01. The fraction of sp³-hybridized carbons (Fsp3) is 0.500. The number of rotatable bonds is 5. The molecular formula is C12H17N3O. The molecule has 0 aliphatic rings. The molecule has 1 heterocycles. The molecule has 4 heteroatoms. The van der Waals surface area contributed by atoms with Gasteiger partial charge in [0.05, 0.1) is 17.4 Å². The zero-order valence-electron chi connectivity index (χ0n) is 9.72. The van der Waals surface area contributed by atoms with Gasteiger partial charge in [0, 0.05) is 25.4 Å². The van der Waals surface area contributed by atoms with E-state index in [1.54, 1.807) is 18.5 Å². The third-order valence-electron chi connectivity index (χ3n) is 2.41. The van der Waals surface area contributed by atoms with Crippen LogP contribution in [0.25, 0.3) is 0 Å². The average Bonchev–Trinajstić information content (AvgIpc) is 2.29. The van der Waals surface area contributed by atoms with E-state index >= 15 is 0 Å². The van der Waals surface area contributed by atoms with Crippen LogP contribution in [0, 0.1) is 11.3 Å². The lowest BCUT2D eigenvalue weighted by atomic mass is 10.2. The number of anilines is 1. The Labute approximate surface area is 96.2 Å². The first-order chi connectivity index (χ1) is 7.70. The summed E-state index contributed by atoms with van der Waals surface area (Å²) in [7, 11) is 0. The van der Waals surface area contributed by atoms with Crippen molar-refractivity contribution >= 4 is 5.69 Å². The van der Waals surface area contributed by atoms with Gasteiger partial charge in [0.2, 0.25) is 0 Å². The van der Waals surface area contributed by atoms with E-state index in [0.29, 0.717) is 12.0 Å². The number of nitriles is 1. The quantitative estimate of drug-likeness (QED) is 0.816. The van der Waals surface area contributed by atoms with Crippen LogP contribution in [-0.4, -0.2) is 29.3 Å². The van der Waals surface area contributed by atoms with Crippen LogP contribution >= 0.6 is 0 Å². The largest absolute Gasteiger partial charge is 0.396 e. The van der Waals surface area contributed by atoms with Crippen LogP contribution in [0.5, 0.6) is 0 Å². The van der Waals surface area contributed by atoms with Crippen LogP contribution in [0.2, 0.25) is 0 Å². The van der Waals surface area contributed by atoms with Crippen LogP contribution in [0.15, 0.2) is 18.5 Å². The molecule has 0 radical (unpaired) electrons. The van der Waals surface area contributed by atoms with Crippen LogP contribution in [0.4, 0.5) is 5.69 Å². The molecule has 0 atom stereocenters. The third kappa shape index (κ3) is 2.94. The molecule has 4 nitrogen and oxygen atoms in total. The number of hydrogen-bond acceptors (Lipinski definition) is 4. The highest BCUT2D eigenvalue weighted by atomic mass is 16.3. The second kappa shape index (κ2) is 6.09. The van der Waals surface area contributed by atoms with Gasteiger partial charge in [0.15, 0.2) is 0 Å². The van der Waals surface area contributed by atoms with Crippen molar-refractivity contribution in [2.75, 3.05) is 18.1 Å². The first-order valence-electron chi connectivity index (χ1n) is 5.42. The van der Waals surface area contributed by atoms with Gasteiger partial charge in [0.1, 0.15) is 6.07 Å². The molecule has 0 fully saturated rings. The molecule has 0 spiro atoms. The summed E-state index contributed by atoms with van der Waals surface area (Å²) < 4.78 is 0. The summed E-state index contributed by atoms with van der Waals surface area (Å²) >= 11 is 0. The number of pyridine rings is 1. The van der Waals surface area contributed by atoms with E-state index in [1.165, 1.54) is 0 Å². The van der Waals surface area contributed by atoms with E-state index in [-0.39, 0.29) is 12.6 Å². The van der Waals surface area contributed by atoms with Crippen LogP contribution < -0.4 is 4.90 Å². The van der Waals surface area contributed by atoms with E-state index in [1.807, 2.05) is 0 Å². The molecule has 1 rings (SSSR count). The number of aliphatic hydroxyl groups is 1. The molecule has 0 amide bonds. The van der Waals surface area contributed by atoms with Crippen molar-refractivity contribution in [2.45, 2.75) is 26.3 Å². The van der Waals surface area contributed by atoms with Crippen molar-refractivity contribution < 1.29 is 5.11 Å². The molecule has 0 aromatic carbocycles. The normalized spacial score (nSPS) is 10.2. The molecule has 16 heavy (non-hydrogen) atoms. The Hall–Kier alpha value is -1.60. The van der Waals surface area contributed by atoms with E-state index in [9.17, 15) is 0 Å². The molecule has 0 saturated heterocycles. The maximum absolute atomic E-state index is 9.02. The van der Waals surface area contributed by atoms with Crippen molar-refractivity contribution in [1.82, 2.24) is 4.98 Å². The second-order valence-corrected chi connectivity index (χ2v) is 3.87. The SMILES string of the molecule is CC(C)N(CCCO)c1cnccc1C#N. The Balaban J connectivity index is 2.97. The second-order valence-electron chi connectivity index (χ2n) is 3.87. The molecule has 0 aliphatic heterocycles. The number of hydrogen-bond donors (Lipinski definition) is 1.